The van der Waals surface area contributed by atoms with Gasteiger partial charge in [0.05, 0.1) is 25.2 Å². The molecule has 3 N–H and O–H groups in total. The van der Waals surface area contributed by atoms with Crippen LogP contribution >= 0.6 is 0 Å². The number of nitrogens with one attached hydrogen (secondary N) is 1. The molecular formula is C52H89NO5. The van der Waals surface area contributed by atoms with E-state index in [1.807, 2.05) is 6.08 Å². The lowest BCUT2D eigenvalue weighted by atomic mass is 10.0. The molecule has 3 unspecified atom stereocenters. The Hall–Kier alpha value is -2.96. The van der Waals surface area contributed by atoms with Crippen LogP contribution in [-0.4, -0.2) is 46.9 Å². The summed E-state index contributed by atoms with van der Waals surface area (Å²) in [6.45, 7) is 6.28. The average Bonchev–Trinajstić information content (AvgIpc) is 3.22. The van der Waals surface area contributed by atoms with Gasteiger partial charge in [-0.3, -0.25) is 9.59 Å². The van der Waals surface area contributed by atoms with Gasteiger partial charge in [-0.05, 0) is 76.7 Å². The number of amides is 1. The van der Waals surface area contributed by atoms with E-state index < -0.39 is 18.2 Å². The van der Waals surface area contributed by atoms with Gasteiger partial charge in [0.15, 0.2) is 0 Å². The molecule has 0 aromatic heterocycles. The van der Waals surface area contributed by atoms with Crippen molar-refractivity contribution in [2.75, 3.05) is 6.61 Å². The summed E-state index contributed by atoms with van der Waals surface area (Å²) in [5, 5.41) is 23.5. The summed E-state index contributed by atoms with van der Waals surface area (Å²) in [5.41, 5.74) is 0. The minimum atomic E-state index is -0.825. The van der Waals surface area contributed by atoms with Crippen LogP contribution in [0.1, 0.15) is 207 Å². The summed E-state index contributed by atoms with van der Waals surface area (Å²) >= 11 is 0. The van der Waals surface area contributed by atoms with E-state index in [1.165, 1.54) is 83.5 Å². The summed E-state index contributed by atoms with van der Waals surface area (Å²) in [6, 6.07) is -0.749. The maximum absolute atomic E-state index is 13.1. The molecule has 0 rings (SSSR count). The van der Waals surface area contributed by atoms with Crippen LogP contribution in [0, 0.1) is 0 Å². The van der Waals surface area contributed by atoms with E-state index in [9.17, 15) is 19.8 Å². The topological polar surface area (TPSA) is 95.9 Å². The predicted molar refractivity (Wildman–Crippen MR) is 250 cm³/mol. The summed E-state index contributed by atoms with van der Waals surface area (Å²) < 4.78 is 5.79. The number of carbonyl (C=O) groups is 2. The molecule has 0 aliphatic heterocycles. The fourth-order valence-corrected chi connectivity index (χ4v) is 6.62. The number of rotatable bonds is 41. The van der Waals surface area contributed by atoms with Crippen LogP contribution in [0.5, 0.6) is 0 Å². The number of hydrogen-bond acceptors (Lipinski definition) is 5. The van der Waals surface area contributed by atoms with Crippen molar-refractivity contribution in [3.8, 4) is 0 Å². The number of esters is 1. The van der Waals surface area contributed by atoms with Crippen molar-refractivity contribution in [1.82, 2.24) is 5.32 Å². The first-order chi connectivity index (χ1) is 28.5. The molecule has 58 heavy (non-hydrogen) atoms. The number of aliphatic hydroxyl groups is 2. The van der Waals surface area contributed by atoms with Gasteiger partial charge in [-0.1, -0.05) is 202 Å². The highest BCUT2D eigenvalue weighted by atomic mass is 16.5. The number of unbranched alkanes of at least 4 members (excludes halogenated alkanes) is 18. The van der Waals surface area contributed by atoms with Crippen molar-refractivity contribution in [3.63, 3.8) is 0 Å². The second kappa shape index (κ2) is 45.1. The van der Waals surface area contributed by atoms with Crippen LogP contribution in [0.3, 0.4) is 0 Å². The molecule has 0 bridgehead atoms. The molecule has 1 amide bonds. The molecule has 0 saturated carbocycles. The highest BCUT2D eigenvalue weighted by molar-refractivity contribution is 5.78. The Labute approximate surface area is 357 Å². The molecule has 0 heterocycles. The summed E-state index contributed by atoms with van der Waals surface area (Å²) in [6.07, 6.45) is 58.2. The van der Waals surface area contributed by atoms with Crippen LogP contribution in [-0.2, 0) is 14.3 Å². The smallest absolute Gasteiger partial charge is 0.306 e. The largest absolute Gasteiger partial charge is 0.458 e. The lowest BCUT2D eigenvalue weighted by Crippen LogP contribution is -2.46. The molecule has 0 fully saturated rings. The minimum Gasteiger partial charge on any atom is -0.458 e. The SMILES string of the molecule is CC/C=C/C/C=C/C/C=C/C/C=C/C/C=C/C(CC(=O)NC(CO)C(O)CCCCCCCCCCC)OC(=O)CCCCC/C=C/C=C/CCCCCCCCC. The van der Waals surface area contributed by atoms with E-state index in [0.29, 0.717) is 19.3 Å². The number of carbonyl (C=O) groups excluding carboxylic acids is 2. The molecule has 0 spiro atoms. The average molecular weight is 808 g/mol. The Morgan fingerprint density at radius 2 is 1.00 bits per heavy atom. The second-order valence-corrected chi connectivity index (χ2v) is 15.8. The third-order valence-corrected chi connectivity index (χ3v) is 10.2. The Morgan fingerprint density at radius 3 is 1.50 bits per heavy atom. The number of hydrogen-bond donors (Lipinski definition) is 3. The summed E-state index contributed by atoms with van der Waals surface area (Å²) in [7, 11) is 0. The van der Waals surface area contributed by atoms with Crippen molar-refractivity contribution < 1.29 is 24.5 Å². The van der Waals surface area contributed by atoms with E-state index in [0.717, 1.165) is 77.0 Å². The zero-order valence-corrected chi connectivity index (χ0v) is 37.6. The third-order valence-electron chi connectivity index (χ3n) is 10.2. The number of ether oxygens (including phenoxy) is 1. The minimum absolute atomic E-state index is 0.0605. The standard InChI is InChI=1S/C52H89NO5/c1-4-7-10-13-16-19-21-23-25-26-28-30-33-36-39-42-45-52(57)58-48(43-40-37-34-32-29-27-24-22-20-17-14-11-8-5-2)46-51(56)53-49(47-54)50(55)44-41-38-35-31-18-15-12-9-6-3/h8,11,17,20,24-28,30,32,34,40,43,48-50,54-55H,4-7,9-10,12-16,18-19,21-23,29,31,33,35-39,41-42,44-47H2,1-3H3,(H,53,56)/b11-8+,20-17+,26-25+,27-24+,30-28+,34-32+,43-40+. The number of aliphatic hydroxyl groups excluding tert-OH is 2. The predicted octanol–water partition coefficient (Wildman–Crippen LogP) is 14.0. The third kappa shape index (κ3) is 39.8. The van der Waals surface area contributed by atoms with Crippen LogP contribution in [0.15, 0.2) is 85.1 Å². The first-order valence-electron chi connectivity index (χ1n) is 23.8. The number of allylic oxidation sites excluding steroid dienone is 13. The van der Waals surface area contributed by atoms with Gasteiger partial charge in [0.25, 0.3) is 0 Å². The van der Waals surface area contributed by atoms with Gasteiger partial charge in [0.1, 0.15) is 6.10 Å². The first kappa shape index (κ1) is 55.0. The van der Waals surface area contributed by atoms with Gasteiger partial charge < -0.3 is 20.3 Å². The van der Waals surface area contributed by atoms with Crippen LogP contribution in [0.4, 0.5) is 0 Å². The molecule has 6 nitrogen and oxygen atoms in total. The van der Waals surface area contributed by atoms with E-state index in [2.05, 4.69) is 99.0 Å². The van der Waals surface area contributed by atoms with Gasteiger partial charge in [0.2, 0.25) is 5.91 Å². The highest BCUT2D eigenvalue weighted by Crippen LogP contribution is 2.14. The highest BCUT2D eigenvalue weighted by Gasteiger charge is 2.23. The van der Waals surface area contributed by atoms with E-state index in [4.69, 9.17) is 4.74 Å². The Balaban J connectivity index is 4.81. The quantitative estimate of drug-likeness (QED) is 0.0247. The zero-order valence-electron chi connectivity index (χ0n) is 37.6. The van der Waals surface area contributed by atoms with Crippen molar-refractivity contribution >= 4 is 11.9 Å². The van der Waals surface area contributed by atoms with Crippen LogP contribution in [0.25, 0.3) is 0 Å². The lowest BCUT2D eigenvalue weighted by Gasteiger charge is -2.23. The Kier molecular flexibility index (Phi) is 42.8. The van der Waals surface area contributed by atoms with Gasteiger partial charge >= 0.3 is 5.97 Å². The molecule has 6 heteroatoms. The van der Waals surface area contributed by atoms with Gasteiger partial charge in [-0.25, -0.2) is 0 Å². The van der Waals surface area contributed by atoms with Gasteiger partial charge in [-0.2, -0.15) is 0 Å². The second-order valence-electron chi connectivity index (χ2n) is 15.8. The maximum atomic E-state index is 13.1. The van der Waals surface area contributed by atoms with Crippen molar-refractivity contribution in [2.24, 2.45) is 0 Å². The van der Waals surface area contributed by atoms with Crippen LogP contribution in [0.2, 0.25) is 0 Å². The van der Waals surface area contributed by atoms with Crippen LogP contribution < -0.4 is 5.32 Å². The van der Waals surface area contributed by atoms with E-state index >= 15 is 0 Å². The molecule has 0 saturated heterocycles. The Bertz CT molecular complexity index is 1130. The zero-order chi connectivity index (χ0) is 42.4. The molecule has 0 aromatic carbocycles. The molecule has 332 valence electrons. The molecule has 3 atom stereocenters. The first-order valence-corrected chi connectivity index (χ1v) is 23.8. The lowest BCUT2D eigenvalue weighted by molar-refractivity contribution is -0.148. The molecule has 0 aliphatic rings. The Morgan fingerprint density at radius 1 is 0.552 bits per heavy atom. The van der Waals surface area contributed by atoms with Gasteiger partial charge in [-0.15, -0.1) is 0 Å². The van der Waals surface area contributed by atoms with E-state index in [1.54, 1.807) is 6.08 Å². The summed E-state index contributed by atoms with van der Waals surface area (Å²) in [4.78, 5) is 26.0. The summed E-state index contributed by atoms with van der Waals surface area (Å²) in [5.74, 6) is -0.668. The van der Waals surface area contributed by atoms with Crippen molar-refractivity contribution in [3.05, 3.63) is 85.1 Å². The molecule has 0 aromatic rings. The fourth-order valence-electron chi connectivity index (χ4n) is 6.62. The molecular weight excluding hydrogens is 719 g/mol. The maximum Gasteiger partial charge on any atom is 0.306 e. The molecule has 0 aliphatic carbocycles. The fraction of sp³-hybridized carbons (Fsp3) is 0.692. The van der Waals surface area contributed by atoms with Crippen molar-refractivity contribution in [2.45, 2.75) is 225 Å². The molecule has 0 radical (unpaired) electrons. The van der Waals surface area contributed by atoms with Gasteiger partial charge in [0, 0.05) is 6.42 Å². The normalized spacial score (nSPS) is 14.1. The van der Waals surface area contributed by atoms with Crippen molar-refractivity contribution in [1.29, 1.82) is 0 Å². The monoisotopic (exact) mass is 808 g/mol. The van der Waals surface area contributed by atoms with E-state index in [-0.39, 0.29) is 24.9 Å².